The molecule has 0 spiro atoms. The average molecular weight is 466 g/mol. The zero-order valence-electron chi connectivity index (χ0n) is 15.7. The number of halogens is 2. The fourth-order valence-electron chi connectivity index (χ4n) is 3.43. The summed E-state index contributed by atoms with van der Waals surface area (Å²) in [4.78, 5) is 23.6. The number of amidine groups is 2. The molecule has 0 bridgehead atoms. The van der Waals surface area contributed by atoms with E-state index in [1.165, 1.54) is 0 Å². The average Bonchev–Trinajstić information content (AvgIpc) is 3.28. The number of aliphatic imine (C=N–C) groups is 4. The van der Waals surface area contributed by atoms with Crippen molar-refractivity contribution in [2.75, 3.05) is 0 Å². The molecule has 2 unspecified atom stereocenters. The zero-order chi connectivity index (χ0) is 17.7. The monoisotopic (exact) mass is 465 g/mol. The molecule has 29 heavy (non-hydrogen) atoms. The van der Waals surface area contributed by atoms with Gasteiger partial charge in [0.25, 0.3) is 0 Å². The van der Waals surface area contributed by atoms with E-state index in [0.29, 0.717) is 11.7 Å². The van der Waals surface area contributed by atoms with Crippen molar-refractivity contribution in [2.24, 2.45) is 20.0 Å². The molecule has 3 heterocycles. The first-order valence-corrected chi connectivity index (χ1v) is 8.70. The SMILES string of the molecule is CC1=CC=CC2N=C(c3cccc(C4=NC5C=CC=C(C)C5=N4)n3)N=C12.[Cl-].[Cl-].[Fe+2]. The molecule has 2 atom stereocenters. The number of nitrogens with zero attached hydrogens (tertiary/aromatic N) is 5. The maximum absolute atomic E-state index is 4.74. The van der Waals surface area contributed by atoms with Crippen LogP contribution < -0.4 is 24.8 Å². The van der Waals surface area contributed by atoms with Gasteiger partial charge < -0.3 is 24.8 Å². The summed E-state index contributed by atoms with van der Waals surface area (Å²) >= 11 is 0. The third-order valence-electron chi connectivity index (χ3n) is 4.83. The van der Waals surface area contributed by atoms with Crippen molar-refractivity contribution in [3.63, 3.8) is 0 Å². The first-order chi connectivity index (χ1) is 12.7. The number of rotatable bonds is 2. The Morgan fingerprint density at radius 3 is 1.59 bits per heavy atom. The van der Waals surface area contributed by atoms with Crippen LogP contribution in [0.3, 0.4) is 0 Å². The van der Waals surface area contributed by atoms with E-state index < -0.39 is 0 Å². The standard InChI is InChI=1S/C21H17N5.2ClH.Fe/c1-12-6-3-8-14-18(12)25-20(23-14)16-10-5-11-17(22-16)21-24-15-9-4-7-13(2)19(15)26-21;;;/h3-11,14-15H,1-2H3;2*1H;/q;;;+2/p-2. The summed E-state index contributed by atoms with van der Waals surface area (Å²) in [5.41, 5.74) is 5.82. The van der Waals surface area contributed by atoms with Gasteiger partial charge >= 0.3 is 17.1 Å². The van der Waals surface area contributed by atoms with Crippen LogP contribution in [0.4, 0.5) is 0 Å². The van der Waals surface area contributed by atoms with Gasteiger partial charge in [-0.15, -0.1) is 0 Å². The van der Waals surface area contributed by atoms with E-state index in [2.05, 4.69) is 38.2 Å². The molecule has 8 heteroatoms. The summed E-state index contributed by atoms with van der Waals surface area (Å²) < 4.78 is 0. The molecule has 1 aromatic rings. The van der Waals surface area contributed by atoms with E-state index in [4.69, 9.17) is 25.0 Å². The van der Waals surface area contributed by atoms with Gasteiger partial charge in [-0.1, -0.05) is 42.5 Å². The Kier molecular flexibility index (Phi) is 7.30. The van der Waals surface area contributed by atoms with E-state index >= 15 is 0 Å². The maximum atomic E-state index is 4.74. The Labute approximate surface area is 192 Å². The van der Waals surface area contributed by atoms with E-state index in [-0.39, 0.29) is 54.0 Å². The number of hydrogen-bond acceptors (Lipinski definition) is 5. The second kappa shape index (κ2) is 9.14. The summed E-state index contributed by atoms with van der Waals surface area (Å²) in [5, 5.41) is 0. The summed E-state index contributed by atoms with van der Waals surface area (Å²) in [6, 6.07) is 5.85. The van der Waals surface area contributed by atoms with Crippen LogP contribution in [-0.2, 0) is 17.1 Å². The van der Waals surface area contributed by atoms with Crippen molar-refractivity contribution in [3.8, 4) is 0 Å². The quantitative estimate of drug-likeness (QED) is 0.437. The first kappa shape index (κ1) is 23.2. The summed E-state index contributed by atoms with van der Waals surface area (Å²) in [5.74, 6) is 1.34. The van der Waals surface area contributed by atoms with Gasteiger partial charge in [-0.2, -0.15) is 0 Å². The van der Waals surface area contributed by atoms with Crippen molar-refractivity contribution >= 4 is 23.1 Å². The van der Waals surface area contributed by atoms with Crippen molar-refractivity contribution in [1.82, 2.24) is 4.98 Å². The van der Waals surface area contributed by atoms with Gasteiger partial charge in [0.15, 0.2) is 11.7 Å². The molecule has 5 rings (SSSR count). The predicted molar refractivity (Wildman–Crippen MR) is 106 cm³/mol. The van der Waals surface area contributed by atoms with Gasteiger partial charge in [-0.25, -0.2) is 15.0 Å². The van der Waals surface area contributed by atoms with E-state index in [1.54, 1.807) is 0 Å². The van der Waals surface area contributed by atoms with Crippen LogP contribution in [-0.4, -0.2) is 40.2 Å². The van der Waals surface area contributed by atoms with Crippen LogP contribution in [0.25, 0.3) is 0 Å². The van der Waals surface area contributed by atoms with Crippen LogP contribution in [0.5, 0.6) is 0 Å². The Balaban J connectivity index is 0.000001000. The fraction of sp³-hybridized carbons (Fsp3) is 0.190. The van der Waals surface area contributed by atoms with Crippen LogP contribution in [0, 0.1) is 0 Å². The van der Waals surface area contributed by atoms with Crippen molar-refractivity contribution < 1.29 is 41.9 Å². The molecule has 0 N–H and O–H groups in total. The molecule has 2 aliphatic carbocycles. The van der Waals surface area contributed by atoms with E-state index in [9.17, 15) is 0 Å². The molecule has 5 nitrogen and oxygen atoms in total. The summed E-state index contributed by atoms with van der Waals surface area (Å²) in [6.07, 6.45) is 12.3. The number of allylic oxidation sites excluding steroid dienone is 4. The Hall–Kier alpha value is -2.11. The second-order valence-corrected chi connectivity index (χ2v) is 6.67. The van der Waals surface area contributed by atoms with Gasteiger partial charge in [-0.3, -0.25) is 9.98 Å². The number of hydrogen-bond donors (Lipinski definition) is 0. The maximum Gasteiger partial charge on any atom is 2.00 e. The molecule has 2 aliphatic heterocycles. The Bertz CT molecular complexity index is 995. The molecule has 1 aromatic heterocycles. The third-order valence-corrected chi connectivity index (χ3v) is 4.83. The Morgan fingerprint density at radius 1 is 0.724 bits per heavy atom. The molecule has 0 amide bonds. The van der Waals surface area contributed by atoms with E-state index in [0.717, 1.165) is 34.0 Å². The molecule has 0 aromatic carbocycles. The molecule has 0 saturated carbocycles. The molecule has 4 aliphatic rings. The topological polar surface area (TPSA) is 62.3 Å². The molecule has 148 valence electrons. The number of aromatic nitrogens is 1. The van der Waals surface area contributed by atoms with Crippen LogP contribution in [0.1, 0.15) is 25.2 Å². The molecule has 0 fully saturated rings. The van der Waals surface area contributed by atoms with Crippen molar-refractivity contribution in [2.45, 2.75) is 25.9 Å². The predicted octanol–water partition coefficient (Wildman–Crippen LogP) is -2.74. The first-order valence-electron chi connectivity index (χ1n) is 8.70. The second-order valence-electron chi connectivity index (χ2n) is 6.67. The largest absolute Gasteiger partial charge is 2.00 e. The zero-order valence-corrected chi connectivity index (χ0v) is 18.3. The van der Waals surface area contributed by atoms with Gasteiger partial charge in [-0.05, 0) is 37.1 Å². The minimum absolute atomic E-state index is 0. The summed E-state index contributed by atoms with van der Waals surface area (Å²) in [6.45, 7) is 4.12. The Morgan fingerprint density at radius 2 is 1.17 bits per heavy atom. The molecule has 0 radical (unpaired) electrons. The molecular weight excluding hydrogens is 449 g/mol. The fourth-order valence-corrected chi connectivity index (χ4v) is 3.43. The van der Waals surface area contributed by atoms with Gasteiger partial charge in [0, 0.05) is 0 Å². The molecule has 0 saturated heterocycles. The van der Waals surface area contributed by atoms with Gasteiger partial charge in [0.2, 0.25) is 0 Å². The molecular formula is C21H17Cl2FeN5. The summed E-state index contributed by atoms with van der Waals surface area (Å²) in [7, 11) is 0. The number of pyridine rings is 1. The van der Waals surface area contributed by atoms with Crippen LogP contribution in [0.2, 0.25) is 0 Å². The third kappa shape index (κ3) is 4.12. The minimum Gasteiger partial charge on any atom is -1.00 e. The smallest absolute Gasteiger partial charge is 1.00 e. The normalized spacial score (nSPS) is 23.0. The van der Waals surface area contributed by atoms with Crippen LogP contribution >= 0.6 is 0 Å². The minimum atomic E-state index is 0. The van der Waals surface area contributed by atoms with E-state index in [1.807, 2.05) is 30.4 Å². The number of fused-ring (bicyclic) bond motifs is 2. The van der Waals surface area contributed by atoms with Crippen molar-refractivity contribution in [3.05, 3.63) is 77.2 Å². The van der Waals surface area contributed by atoms with Crippen LogP contribution in [0.15, 0.2) is 85.8 Å². The van der Waals surface area contributed by atoms with Crippen molar-refractivity contribution in [1.29, 1.82) is 0 Å². The van der Waals surface area contributed by atoms with Gasteiger partial charge in [0.05, 0.1) is 11.4 Å². The van der Waals surface area contributed by atoms with Gasteiger partial charge in [0.1, 0.15) is 23.5 Å².